The van der Waals surface area contributed by atoms with E-state index in [1.54, 1.807) is 10.9 Å². The average molecular weight is 413 g/mol. The second-order valence-electron chi connectivity index (χ2n) is 8.10. The van der Waals surface area contributed by atoms with E-state index in [4.69, 9.17) is 11.0 Å². The number of pyridine rings is 1. The van der Waals surface area contributed by atoms with Crippen molar-refractivity contribution in [2.24, 2.45) is 5.73 Å². The molecule has 158 valence electrons. The second kappa shape index (κ2) is 9.25. The van der Waals surface area contributed by atoms with Crippen LogP contribution in [0.1, 0.15) is 39.8 Å². The average Bonchev–Trinajstić information content (AvgIpc) is 3.41. The molecule has 0 bridgehead atoms. The molecule has 31 heavy (non-hydrogen) atoms. The first-order valence-corrected chi connectivity index (χ1v) is 10.7. The summed E-state index contributed by atoms with van der Waals surface area (Å²) in [5.41, 5.74) is 14.5. The zero-order valence-corrected chi connectivity index (χ0v) is 18.0. The summed E-state index contributed by atoms with van der Waals surface area (Å²) < 4.78 is 1.62. The lowest BCUT2D eigenvalue weighted by Crippen LogP contribution is -2.31. The molecule has 3 aromatic rings. The highest BCUT2D eigenvalue weighted by Gasteiger charge is 2.18. The number of aromatic nitrogens is 3. The van der Waals surface area contributed by atoms with Crippen LogP contribution < -0.4 is 5.73 Å². The third kappa shape index (κ3) is 4.58. The van der Waals surface area contributed by atoms with E-state index in [1.165, 1.54) is 34.0 Å². The zero-order valence-electron chi connectivity index (χ0n) is 18.0. The topological polar surface area (TPSA) is 83.8 Å². The molecule has 1 aliphatic rings. The molecule has 1 aliphatic carbocycles. The van der Waals surface area contributed by atoms with Crippen molar-refractivity contribution >= 4 is 5.57 Å². The van der Waals surface area contributed by atoms with E-state index in [0.717, 1.165) is 44.5 Å². The summed E-state index contributed by atoms with van der Waals surface area (Å²) in [5.74, 6) is 0.700. The van der Waals surface area contributed by atoms with Crippen LogP contribution in [0.5, 0.6) is 0 Å². The normalized spacial score (nSPS) is 12.9. The van der Waals surface area contributed by atoms with Crippen LogP contribution in [-0.2, 0) is 19.4 Å². The van der Waals surface area contributed by atoms with Crippen LogP contribution in [0.3, 0.4) is 0 Å². The summed E-state index contributed by atoms with van der Waals surface area (Å²) in [5, 5.41) is 13.1. The van der Waals surface area contributed by atoms with Gasteiger partial charge in [0.1, 0.15) is 6.07 Å². The van der Waals surface area contributed by atoms with Crippen molar-refractivity contribution < 1.29 is 0 Å². The summed E-state index contributed by atoms with van der Waals surface area (Å²) in [6, 6.07) is 10.6. The minimum Gasteiger partial charge on any atom is -0.329 e. The fourth-order valence-corrected chi connectivity index (χ4v) is 4.28. The van der Waals surface area contributed by atoms with Crippen molar-refractivity contribution in [3.63, 3.8) is 0 Å². The Morgan fingerprint density at radius 3 is 2.77 bits per heavy atom. The van der Waals surface area contributed by atoms with Crippen LogP contribution in [0.25, 0.3) is 11.4 Å². The Labute approximate surface area is 183 Å². The largest absolute Gasteiger partial charge is 0.329 e. The number of rotatable bonds is 8. The monoisotopic (exact) mass is 412 g/mol. The van der Waals surface area contributed by atoms with Crippen LogP contribution in [0.15, 0.2) is 49.4 Å². The summed E-state index contributed by atoms with van der Waals surface area (Å²) in [4.78, 5) is 6.89. The Hall–Kier alpha value is -3.27. The Bertz CT molecular complexity index is 1120. The molecular weight excluding hydrogens is 384 g/mol. The van der Waals surface area contributed by atoms with Gasteiger partial charge in [0.15, 0.2) is 5.82 Å². The van der Waals surface area contributed by atoms with Gasteiger partial charge in [-0.15, -0.1) is 0 Å². The number of nitrogens with two attached hydrogens (primary N) is 1. The molecule has 0 aliphatic heterocycles. The molecule has 0 unspecified atom stereocenters. The molecule has 2 N–H and O–H groups in total. The van der Waals surface area contributed by atoms with Gasteiger partial charge in [-0.05, 0) is 65.6 Å². The van der Waals surface area contributed by atoms with Crippen molar-refractivity contribution in [1.82, 2.24) is 19.7 Å². The molecule has 6 heteroatoms. The lowest BCUT2D eigenvalue weighted by Gasteiger charge is -2.22. The molecule has 6 nitrogen and oxygen atoms in total. The maximum atomic E-state index is 8.96. The van der Waals surface area contributed by atoms with Gasteiger partial charge in [0, 0.05) is 32.4 Å². The van der Waals surface area contributed by atoms with E-state index in [2.05, 4.69) is 52.8 Å². The maximum absolute atomic E-state index is 8.96. The number of hydrogen-bond donors (Lipinski definition) is 1. The van der Waals surface area contributed by atoms with Gasteiger partial charge in [-0.3, -0.25) is 4.90 Å². The number of benzene rings is 1. The SMILES string of the molecule is C=C1CCc2c1ccc(CCN(CCN)Cc1ccc(-n3cc(C#N)cn3)nc1)c2C. The van der Waals surface area contributed by atoms with E-state index in [1.807, 2.05) is 12.3 Å². The number of nitriles is 1. The van der Waals surface area contributed by atoms with Gasteiger partial charge < -0.3 is 5.73 Å². The predicted octanol–water partition coefficient (Wildman–Crippen LogP) is 3.41. The number of nitrogens with zero attached hydrogens (tertiary/aromatic N) is 5. The minimum absolute atomic E-state index is 0.520. The smallest absolute Gasteiger partial charge is 0.153 e. The fourth-order valence-electron chi connectivity index (χ4n) is 4.28. The molecule has 4 rings (SSSR count). The molecule has 0 saturated carbocycles. The van der Waals surface area contributed by atoms with Crippen molar-refractivity contribution in [3.05, 3.63) is 82.8 Å². The van der Waals surface area contributed by atoms with Crippen molar-refractivity contribution in [2.75, 3.05) is 19.6 Å². The zero-order chi connectivity index (χ0) is 21.8. The van der Waals surface area contributed by atoms with Crippen molar-refractivity contribution in [3.8, 4) is 11.9 Å². The first-order chi connectivity index (χ1) is 15.1. The van der Waals surface area contributed by atoms with E-state index in [-0.39, 0.29) is 0 Å². The van der Waals surface area contributed by atoms with E-state index >= 15 is 0 Å². The molecule has 2 aromatic heterocycles. The van der Waals surface area contributed by atoms with Gasteiger partial charge in [-0.2, -0.15) is 10.4 Å². The highest BCUT2D eigenvalue weighted by molar-refractivity contribution is 5.72. The number of hydrogen-bond acceptors (Lipinski definition) is 5. The van der Waals surface area contributed by atoms with Gasteiger partial charge in [0.2, 0.25) is 0 Å². The van der Waals surface area contributed by atoms with Crippen molar-refractivity contribution in [1.29, 1.82) is 5.26 Å². The van der Waals surface area contributed by atoms with Crippen LogP contribution in [0, 0.1) is 18.3 Å². The van der Waals surface area contributed by atoms with Crippen LogP contribution in [0.2, 0.25) is 0 Å². The summed E-state index contributed by atoms with van der Waals surface area (Å²) in [6.07, 6.45) is 8.29. The molecule has 0 spiro atoms. The summed E-state index contributed by atoms with van der Waals surface area (Å²) in [6.45, 7) is 9.65. The van der Waals surface area contributed by atoms with Gasteiger partial charge in [-0.1, -0.05) is 24.8 Å². The fraction of sp³-hybridized carbons (Fsp3) is 0.320. The highest BCUT2D eigenvalue weighted by atomic mass is 15.3. The van der Waals surface area contributed by atoms with Crippen molar-refractivity contribution in [2.45, 2.75) is 32.7 Å². The third-order valence-corrected chi connectivity index (χ3v) is 6.07. The van der Waals surface area contributed by atoms with Crippen LogP contribution in [0.4, 0.5) is 0 Å². The van der Waals surface area contributed by atoms with E-state index in [9.17, 15) is 0 Å². The third-order valence-electron chi connectivity index (χ3n) is 6.07. The second-order valence-corrected chi connectivity index (χ2v) is 8.10. The Morgan fingerprint density at radius 1 is 1.19 bits per heavy atom. The Balaban J connectivity index is 1.41. The Morgan fingerprint density at radius 2 is 2.06 bits per heavy atom. The lowest BCUT2D eigenvalue weighted by molar-refractivity contribution is 0.276. The number of allylic oxidation sites excluding steroid dienone is 1. The molecule has 0 saturated heterocycles. The van der Waals surface area contributed by atoms with Gasteiger partial charge in [0.25, 0.3) is 0 Å². The van der Waals surface area contributed by atoms with Crippen LogP contribution in [-0.4, -0.2) is 39.3 Å². The molecule has 2 heterocycles. The van der Waals surface area contributed by atoms with E-state index < -0.39 is 0 Å². The molecule has 1 aromatic carbocycles. The maximum Gasteiger partial charge on any atom is 0.153 e. The molecule has 0 amide bonds. The first kappa shape index (κ1) is 21.0. The van der Waals surface area contributed by atoms with E-state index in [0.29, 0.717) is 17.9 Å². The first-order valence-electron chi connectivity index (χ1n) is 10.7. The van der Waals surface area contributed by atoms with Gasteiger partial charge >= 0.3 is 0 Å². The predicted molar refractivity (Wildman–Crippen MR) is 123 cm³/mol. The van der Waals surface area contributed by atoms with Crippen LogP contribution >= 0.6 is 0 Å². The number of fused-ring (bicyclic) bond motifs is 1. The summed E-state index contributed by atoms with van der Waals surface area (Å²) in [7, 11) is 0. The molecule has 0 radical (unpaired) electrons. The Kier molecular flexibility index (Phi) is 6.26. The molecule has 0 atom stereocenters. The summed E-state index contributed by atoms with van der Waals surface area (Å²) >= 11 is 0. The highest BCUT2D eigenvalue weighted by Crippen LogP contribution is 2.34. The molecular formula is C25H28N6. The van der Waals surface area contributed by atoms with Gasteiger partial charge in [-0.25, -0.2) is 9.67 Å². The quantitative estimate of drug-likeness (QED) is 0.613. The standard InChI is InChI=1S/C25H28N6/c1-18-3-6-24-19(2)22(5-7-23(18)24)9-11-30(12-10-26)16-20-4-8-25(28-14-20)31-17-21(13-27)15-29-31/h4-5,7-8,14-15,17H,1,3,6,9-12,16,26H2,2H3. The lowest BCUT2D eigenvalue weighted by atomic mass is 9.96. The minimum atomic E-state index is 0.520. The molecule has 0 fully saturated rings. The van der Waals surface area contributed by atoms with Gasteiger partial charge in [0.05, 0.1) is 18.0 Å².